The maximum absolute atomic E-state index is 3.83. The van der Waals surface area contributed by atoms with Gasteiger partial charge in [0.15, 0.2) is 0 Å². The fourth-order valence-corrected chi connectivity index (χ4v) is 1.24. The molecule has 0 N–H and O–H groups in total. The molecule has 0 aromatic carbocycles. The minimum atomic E-state index is 0.573. The summed E-state index contributed by atoms with van der Waals surface area (Å²) in [5.41, 5.74) is 2.76. The number of allylic oxidation sites excluding steroid dienone is 5. The average Bonchev–Trinajstić information content (AvgIpc) is 2.11. The molecule has 0 fully saturated rings. The molecule has 13 heavy (non-hydrogen) atoms. The van der Waals surface area contributed by atoms with Crippen molar-refractivity contribution in [3.63, 3.8) is 0 Å². The molecule has 0 aromatic heterocycles. The van der Waals surface area contributed by atoms with Crippen LogP contribution in [0.5, 0.6) is 0 Å². The third kappa shape index (κ3) is 4.72. The molecule has 0 rings (SSSR count). The van der Waals surface area contributed by atoms with Gasteiger partial charge in [0.2, 0.25) is 0 Å². The van der Waals surface area contributed by atoms with Gasteiger partial charge >= 0.3 is 0 Å². The van der Waals surface area contributed by atoms with E-state index in [4.69, 9.17) is 0 Å². The normalized spacial score (nSPS) is 13.6. The van der Waals surface area contributed by atoms with E-state index in [2.05, 4.69) is 46.4 Å². The predicted octanol–water partition coefficient (Wildman–Crippen LogP) is 4.50. The van der Waals surface area contributed by atoms with E-state index >= 15 is 0 Å². The molecule has 0 saturated carbocycles. The second-order valence-electron chi connectivity index (χ2n) is 3.54. The van der Waals surface area contributed by atoms with Gasteiger partial charge in [0.1, 0.15) is 0 Å². The van der Waals surface area contributed by atoms with E-state index in [1.165, 1.54) is 11.1 Å². The van der Waals surface area contributed by atoms with Gasteiger partial charge in [-0.2, -0.15) is 0 Å². The molecular weight excluding hydrogens is 156 g/mol. The molecule has 0 saturated heterocycles. The van der Waals surface area contributed by atoms with Crippen LogP contribution in [0.1, 0.15) is 40.5 Å². The summed E-state index contributed by atoms with van der Waals surface area (Å²) in [7, 11) is 0. The molecule has 0 aliphatic rings. The largest absolute Gasteiger partial charge is 0.0988 e. The molecule has 0 radical (unpaired) electrons. The first-order valence-corrected chi connectivity index (χ1v) is 5.18. The molecule has 0 spiro atoms. The second-order valence-corrected chi connectivity index (χ2v) is 3.54. The van der Waals surface area contributed by atoms with Crippen LogP contribution in [-0.2, 0) is 0 Å². The Morgan fingerprint density at radius 2 is 1.92 bits per heavy atom. The molecule has 0 amide bonds. The lowest BCUT2D eigenvalue weighted by molar-refractivity contribution is 0.789. The fourth-order valence-electron chi connectivity index (χ4n) is 1.24. The minimum absolute atomic E-state index is 0.573. The molecule has 0 nitrogen and oxygen atoms in total. The SMILES string of the molecule is C=C/C(=C\C(=C/CC)CC)C(C)C. The van der Waals surface area contributed by atoms with E-state index in [-0.39, 0.29) is 0 Å². The van der Waals surface area contributed by atoms with E-state index in [0.29, 0.717) is 5.92 Å². The molecule has 0 aliphatic heterocycles. The fraction of sp³-hybridized carbons (Fsp3) is 0.538. The monoisotopic (exact) mass is 178 g/mol. The van der Waals surface area contributed by atoms with Crippen molar-refractivity contribution in [3.8, 4) is 0 Å². The van der Waals surface area contributed by atoms with E-state index in [0.717, 1.165) is 12.8 Å². The Morgan fingerprint density at radius 3 is 2.23 bits per heavy atom. The summed E-state index contributed by atoms with van der Waals surface area (Å²) in [6.45, 7) is 12.6. The van der Waals surface area contributed by atoms with Gasteiger partial charge in [0, 0.05) is 0 Å². The number of rotatable bonds is 5. The molecule has 0 bridgehead atoms. The van der Waals surface area contributed by atoms with Crippen molar-refractivity contribution in [3.05, 3.63) is 36.0 Å². The first kappa shape index (κ1) is 12.2. The summed E-state index contributed by atoms with van der Waals surface area (Å²) < 4.78 is 0. The first-order chi connectivity index (χ1) is 6.15. The lowest BCUT2D eigenvalue weighted by Crippen LogP contribution is -1.91. The zero-order valence-electron chi connectivity index (χ0n) is 9.43. The highest BCUT2D eigenvalue weighted by Gasteiger charge is 1.98. The summed E-state index contributed by atoms with van der Waals surface area (Å²) in [5.74, 6) is 0.573. The third-order valence-corrected chi connectivity index (χ3v) is 2.13. The molecule has 0 unspecified atom stereocenters. The van der Waals surface area contributed by atoms with Gasteiger partial charge in [-0.05, 0) is 24.3 Å². The summed E-state index contributed by atoms with van der Waals surface area (Å²) in [5, 5.41) is 0. The lowest BCUT2D eigenvalue weighted by atomic mass is 9.99. The molecule has 74 valence electrons. The quantitative estimate of drug-likeness (QED) is 0.544. The maximum Gasteiger partial charge on any atom is -0.0219 e. The zero-order valence-corrected chi connectivity index (χ0v) is 9.43. The van der Waals surface area contributed by atoms with Gasteiger partial charge in [0.25, 0.3) is 0 Å². The van der Waals surface area contributed by atoms with E-state index in [1.54, 1.807) is 0 Å². The molecule has 0 atom stereocenters. The van der Waals surface area contributed by atoms with E-state index < -0.39 is 0 Å². The average molecular weight is 178 g/mol. The van der Waals surface area contributed by atoms with E-state index in [1.807, 2.05) is 6.08 Å². The van der Waals surface area contributed by atoms with E-state index in [9.17, 15) is 0 Å². The topological polar surface area (TPSA) is 0 Å². The van der Waals surface area contributed by atoms with Crippen LogP contribution in [-0.4, -0.2) is 0 Å². The molecule has 0 aliphatic carbocycles. The van der Waals surface area contributed by atoms with Crippen molar-refractivity contribution in [2.45, 2.75) is 40.5 Å². The summed E-state index contributed by atoms with van der Waals surface area (Å²) in [6.07, 6.45) is 8.73. The van der Waals surface area contributed by atoms with Crippen molar-refractivity contribution in [1.82, 2.24) is 0 Å². The van der Waals surface area contributed by atoms with Crippen molar-refractivity contribution in [2.75, 3.05) is 0 Å². The van der Waals surface area contributed by atoms with Crippen molar-refractivity contribution in [1.29, 1.82) is 0 Å². The third-order valence-electron chi connectivity index (χ3n) is 2.13. The van der Waals surface area contributed by atoms with Gasteiger partial charge in [-0.25, -0.2) is 0 Å². The van der Waals surface area contributed by atoms with Gasteiger partial charge in [0.05, 0.1) is 0 Å². The molecule has 0 aromatic rings. The Hall–Kier alpha value is -0.780. The van der Waals surface area contributed by atoms with Crippen LogP contribution < -0.4 is 0 Å². The summed E-state index contributed by atoms with van der Waals surface area (Å²) in [6, 6.07) is 0. The van der Waals surface area contributed by atoms with Crippen molar-refractivity contribution < 1.29 is 0 Å². The number of hydrogen-bond donors (Lipinski definition) is 0. The highest BCUT2D eigenvalue weighted by Crippen LogP contribution is 2.15. The molecule has 0 heteroatoms. The van der Waals surface area contributed by atoms with Crippen LogP contribution in [0, 0.1) is 5.92 Å². The lowest BCUT2D eigenvalue weighted by Gasteiger charge is -2.07. The first-order valence-electron chi connectivity index (χ1n) is 5.18. The number of hydrogen-bond acceptors (Lipinski definition) is 0. The standard InChI is InChI=1S/C13H22/c1-6-9-12(7-2)10-13(8-3)11(4)5/h8-11H,3,6-7H2,1-2,4-5H3/b12-9-,13-10+. The van der Waals surface area contributed by atoms with Crippen LogP contribution in [0.25, 0.3) is 0 Å². The Morgan fingerprint density at radius 1 is 1.31 bits per heavy atom. The van der Waals surface area contributed by atoms with Crippen LogP contribution in [0.15, 0.2) is 36.0 Å². The highest BCUT2D eigenvalue weighted by molar-refractivity contribution is 5.30. The van der Waals surface area contributed by atoms with Crippen molar-refractivity contribution in [2.24, 2.45) is 5.92 Å². The highest BCUT2D eigenvalue weighted by atomic mass is 14.0. The Balaban J connectivity index is 4.64. The Labute approximate surface area is 83.0 Å². The van der Waals surface area contributed by atoms with Crippen molar-refractivity contribution >= 4 is 0 Å². The maximum atomic E-state index is 3.83. The van der Waals surface area contributed by atoms with Crippen LogP contribution >= 0.6 is 0 Å². The summed E-state index contributed by atoms with van der Waals surface area (Å²) in [4.78, 5) is 0. The van der Waals surface area contributed by atoms with Crippen LogP contribution in [0.3, 0.4) is 0 Å². The zero-order chi connectivity index (χ0) is 10.3. The smallest absolute Gasteiger partial charge is 0.0219 e. The van der Waals surface area contributed by atoms with Crippen LogP contribution in [0.2, 0.25) is 0 Å². The van der Waals surface area contributed by atoms with Gasteiger partial charge in [-0.15, -0.1) is 0 Å². The van der Waals surface area contributed by atoms with Gasteiger partial charge in [-0.3, -0.25) is 0 Å². The van der Waals surface area contributed by atoms with Crippen LogP contribution in [0.4, 0.5) is 0 Å². The minimum Gasteiger partial charge on any atom is -0.0988 e. The Kier molecular flexibility index (Phi) is 6.30. The van der Waals surface area contributed by atoms with Gasteiger partial charge in [-0.1, -0.05) is 58.1 Å². The second kappa shape index (κ2) is 6.71. The Bertz CT molecular complexity index is 204. The molecular formula is C13H22. The molecule has 0 heterocycles. The summed E-state index contributed by atoms with van der Waals surface area (Å²) >= 11 is 0. The predicted molar refractivity (Wildman–Crippen MR) is 61.8 cm³/mol. The van der Waals surface area contributed by atoms with Gasteiger partial charge < -0.3 is 0 Å².